The van der Waals surface area contributed by atoms with Gasteiger partial charge in [0.05, 0.1) is 5.52 Å². The molecule has 172 valence electrons. The Labute approximate surface area is 200 Å². The lowest BCUT2D eigenvalue weighted by molar-refractivity contribution is 0.102. The van der Waals surface area contributed by atoms with Crippen LogP contribution >= 0.6 is 0 Å². The van der Waals surface area contributed by atoms with E-state index in [9.17, 15) is 9.18 Å². The predicted octanol–water partition coefficient (Wildman–Crippen LogP) is 6.09. The Hall–Kier alpha value is -4.98. The smallest absolute Gasteiger partial charge is 0.255 e. The molecule has 0 spiro atoms. The molecule has 0 bridgehead atoms. The maximum atomic E-state index is 13.7. The molecular formula is C27H21FN6O. The highest BCUT2D eigenvalue weighted by molar-refractivity contribution is 6.04. The number of fused-ring (bicyclic) bond motifs is 1. The van der Waals surface area contributed by atoms with Gasteiger partial charge in [0.25, 0.3) is 5.91 Å². The molecule has 8 heteroatoms. The number of amides is 1. The third-order valence-corrected chi connectivity index (χ3v) is 5.34. The fourth-order valence-corrected chi connectivity index (χ4v) is 3.62. The summed E-state index contributed by atoms with van der Waals surface area (Å²) in [7, 11) is 0. The van der Waals surface area contributed by atoms with E-state index < -0.39 is 0 Å². The Morgan fingerprint density at radius 2 is 1.40 bits per heavy atom. The molecule has 2 aromatic heterocycles. The van der Waals surface area contributed by atoms with Crippen LogP contribution in [0.2, 0.25) is 0 Å². The first-order valence-electron chi connectivity index (χ1n) is 10.8. The number of aromatic nitrogens is 2. The largest absolute Gasteiger partial charge is 0.384 e. The fourth-order valence-electron chi connectivity index (χ4n) is 3.62. The van der Waals surface area contributed by atoms with Crippen LogP contribution in [-0.4, -0.2) is 15.9 Å². The van der Waals surface area contributed by atoms with E-state index in [0.29, 0.717) is 28.0 Å². The van der Waals surface area contributed by atoms with E-state index in [1.165, 1.54) is 12.1 Å². The van der Waals surface area contributed by atoms with Crippen molar-refractivity contribution in [2.75, 3.05) is 21.7 Å². The van der Waals surface area contributed by atoms with Crippen LogP contribution in [0.3, 0.4) is 0 Å². The van der Waals surface area contributed by atoms with Gasteiger partial charge in [-0.1, -0.05) is 0 Å². The summed E-state index contributed by atoms with van der Waals surface area (Å²) in [5.41, 5.74) is 10.8. The summed E-state index contributed by atoms with van der Waals surface area (Å²) in [5.74, 6) is -0.120. The summed E-state index contributed by atoms with van der Waals surface area (Å²) in [6.45, 7) is 0. The van der Waals surface area contributed by atoms with Crippen molar-refractivity contribution in [3.8, 4) is 0 Å². The third-order valence-electron chi connectivity index (χ3n) is 5.34. The number of anilines is 6. The number of carbonyl (C=O) groups is 1. The lowest BCUT2D eigenvalue weighted by atomic mass is 10.1. The number of nitrogen functional groups attached to an aromatic ring is 1. The highest BCUT2D eigenvalue weighted by Crippen LogP contribution is 2.26. The first-order chi connectivity index (χ1) is 17.0. The van der Waals surface area contributed by atoms with E-state index >= 15 is 0 Å². The van der Waals surface area contributed by atoms with Crippen molar-refractivity contribution in [3.05, 3.63) is 109 Å². The van der Waals surface area contributed by atoms with Crippen molar-refractivity contribution in [2.24, 2.45) is 0 Å². The van der Waals surface area contributed by atoms with Crippen LogP contribution in [0, 0.1) is 5.82 Å². The predicted molar refractivity (Wildman–Crippen MR) is 138 cm³/mol. The average Bonchev–Trinajstić information content (AvgIpc) is 2.86. The van der Waals surface area contributed by atoms with Gasteiger partial charge in [-0.15, -0.1) is 0 Å². The van der Waals surface area contributed by atoms with E-state index in [-0.39, 0.29) is 11.7 Å². The molecule has 7 nitrogen and oxygen atoms in total. The molecule has 5 aromatic rings. The molecule has 0 saturated carbocycles. The Bertz CT molecular complexity index is 1500. The lowest BCUT2D eigenvalue weighted by Gasteiger charge is -2.11. The molecule has 0 radical (unpaired) electrons. The number of benzene rings is 3. The maximum Gasteiger partial charge on any atom is 0.255 e. The molecule has 0 fully saturated rings. The van der Waals surface area contributed by atoms with Crippen LogP contribution in [0.25, 0.3) is 10.9 Å². The fraction of sp³-hybridized carbons (Fsp3) is 0. The Morgan fingerprint density at radius 3 is 2.17 bits per heavy atom. The van der Waals surface area contributed by atoms with Gasteiger partial charge in [-0.2, -0.15) is 0 Å². The second-order valence-electron chi connectivity index (χ2n) is 7.85. The van der Waals surface area contributed by atoms with Gasteiger partial charge in [-0.05, 0) is 78.9 Å². The number of hydrogen-bond acceptors (Lipinski definition) is 6. The van der Waals surface area contributed by atoms with Crippen LogP contribution in [-0.2, 0) is 0 Å². The Balaban J connectivity index is 1.24. The average molecular weight is 465 g/mol. The molecular weight excluding hydrogens is 443 g/mol. The van der Waals surface area contributed by atoms with Crippen molar-refractivity contribution >= 4 is 51.1 Å². The summed E-state index contributed by atoms with van der Waals surface area (Å²) >= 11 is 0. The number of nitrogens with two attached hydrogens (primary N) is 1. The van der Waals surface area contributed by atoms with Gasteiger partial charge in [0, 0.05) is 57.8 Å². The second kappa shape index (κ2) is 9.48. The van der Waals surface area contributed by atoms with E-state index in [2.05, 4.69) is 25.9 Å². The van der Waals surface area contributed by atoms with Gasteiger partial charge < -0.3 is 21.7 Å². The zero-order valence-corrected chi connectivity index (χ0v) is 18.5. The molecule has 5 rings (SSSR count). The standard InChI is InChI=1S/C27H21FN6O/c28-18-3-10-24-23(15-18)25(12-14-30-24)33-20-4-1-17(2-5-20)27(35)34-21-8-6-19(7-9-21)32-22-11-13-31-26(29)16-22/h1-16H,(H,30,33)(H,34,35)(H3,29,31,32). The third kappa shape index (κ3) is 5.17. The summed E-state index contributed by atoms with van der Waals surface area (Å²) in [6, 6.07) is 24.2. The molecule has 0 saturated heterocycles. The minimum absolute atomic E-state index is 0.226. The quantitative estimate of drug-likeness (QED) is 0.242. The van der Waals surface area contributed by atoms with E-state index in [1.807, 2.05) is 30.3 Å². The Morgan fingerprint density at radius 1 is 0.714 bits per heavy atom. The van der Waals surface area contributed by atoms with Crippen LogP contribution in [0.4, 0.5) is 38.6 Å². The number of nitrogens with one attached hydrogen (secondary N) is 3. The first-order valence-corrected chi connectivity index (χ1v) is 10.8. The zero-order chi connectivity index (χ0) is 24.2. The summed E-state index contributed by atoms with van der Waals surface area (Å²) in [5, 5.41) is 10.1. The second-order valence-corrected chi connectivity index (χ2v) is 7.85. The molecule has 3 aromatic carbocycles. The lowest BCUT2D eigenvalue weighted by Crippen LogP contribution is -2.11. The van der Waals surface area contributed by atoms with E-state index in [4.69, 9.17) is 5.73 Å². The van der Waals surface area contributed by atoms with Gasteiger partial charge in [0.1, 0.15) is 11.6 Å². The van der Waals surface area contributed by atoms with Gasteiger partial charge in [0.2, 0.25) is 0 Å². The minimum Gasteiger partial charge on any atom is -0.384 e. The van der Waals surface area contributed by atoms with E-state index in [0.717, 1.165) is 22.7 Å². The van der Waals surface area contributed by atoms with Crippen molar-refractivity contribution in [1.82, 2.24) is 9.97 Å². The molecule has 1 amide bonds. The number of pyridine rings is 2. The monoisotopic (exact) mass is 464 g/mol. The molecule has 0 aliphatic carbocycles. The van der Waals surface area contributed by atoms with Gasteiger partial charge in [0.15, 0.2) is 0 Å². The van der Waals surface area contributed by atoms with Gasteiger partial charge in [-0.3, -0.25) is 9.78 Å². The normalized spacial score (nSPS) is 10.7. The van der Waals surface area contributed by atoms with Crippen LogP contribution in [0.5, 0.6) is 0 Å². The molecule has 0 aliphatic rings. The SMILES string of the molecule is Nc1cc(Nc2ccc(NC(=O)c3ccc(Nc4ccnc5ccc(F)cc45)cc3)cc2)ccn1. The van der Waals surface area contributed by atoms with Crippen molar-refractivity contribution in [3.63, 3.8) is 0 Å². The Kier molecular flexibility index (Phi) is 5.92. The van der Waals surface area contributed by atoms with Crippen molar-refractivity contribution in [1.29, 1.82) is 0 Å². The van der Waals surface area contributed by atoms with Gasteiger partial charge in [-0.25, -0.2) is 9.37 Å². The van der Waals surface area contributed by atoms with E-state index in [1.54, 1.807) is 54.9 Å². The number of carbonyl (C=O) groups excluding carboxylic acids is 1. The zero-order valence-electron chi connectivity index (χ0n) is 18.5. The van der Waals surface area contributed by atoms with Crippen LogP contribution in [0.1, 0.15) is 10.4 Å². The number of halogens is 1. The van der Waals surface area contributed by atoms with Gasteiger partial charge >= 0.3 is 0 Å². The molecule has 0 aliphatic heterocycles. The molecule has 0 atom stereocenters. The van der Waals surface area contributed by atoms with Crippen molar-refractivity contribution in [2.45, 2.75) is 0 Å². The summed E-state index contributed by atoms with van der Waals surface area (Å²) in [6.07, 6.45) is 3.30. The molecule has 35 heavy (non-hydrogen) atoms. The molecule has 2 heterocycles. The molecule has 0 unspecified atom stereocenters. The number of hydrogen-bond donors (Lipinski definition) is 4. The summed E-state index contributed by atoms with van der Waals surface area (Å²) < 4.78 is 13.7. The summed E-state index contributed by atoms with van der Waals surface area (Å²) in [4.78, 5) is 20.9. The highest BCUT2D eigenvalue weighted by atomic mass is 19.1. The maximum absolute atomic E-state index is 13.7. The highest BCUT2D eigenvalue weighted by Gasteiger charge is 2.08. The molecule has 5 N–H and O–H groups in total. The first kappa shape index (κ1) is 21.8. The van der Waals surface area contributed by atoms with Crippen LogP contribution in [0.15, 0.2) is 97.3 Å². The van der Waals surface area contributed by atoms with Crippen LogP contribution < -0.4 is 21.7 Å². The van der Waals surface area contributed by atoms with Crippen molar-refractivity contribution < 1.29 is 9.18 Å². The minimum atomic E-state index is -0.327. The number of nitrogens with zero attached hydrogens (tertiary/aromatic N) is 2. The number of rotatable bonds is 6. The topological polar surface area (TPSA) is 105 Å².